The van der Waals surface area contributed by atoms with Crippen LogP contribution in [0.1, 0.15) is 32.3 Å². The van der Waals surface area contributed by atoms with Gasteiger partial charge in [0.1, 0.15) is 0 Å². The molecule has 0 radical (unpaired) electrons. The summed E-state index contributed by atoms with van der Waals surface area (Å²) in [4.78, 5) is 4.38. The molecule has 1 aromatic heterocycles. The normalized spacial score (nSPS) is 11.0. The van der Waals surface area contributed by atoms with Crippen LogP contribution in [0.4, 0.5) is 5.69 Å². The van der Waals surface area contributed by atoms with Gasteiger partial charge in [0.2, 0.25) is 0 Å². The van der Waals surface area contributed by atoms with Crippen LogP contribution in [0.2, 0.25) is 0 Å². The Bertz CT molecular complexity index is 489. The number of rotatable bonds is 3. The lowest BCUT2D eigenvalue weighted by atomic mass is 10.0. The summed E-state index contributed by atoms with van der Waals surface area (Å²) in [7, 11) is 0. The Hall–Kier alpha value is -1.57. The Morgan fingerprint density at radius 2 is 2.06 bits per heavy atom. The van der Waals surface area contributed by atoms with E-state index in [4.69, 9.17) is 0 Å². The van der Waals surface area contributed by atoms with Gasteiger partial charge in [-0.15, -0.1) is 0 Å². The van der Waals surface area contributed by atoms with E-state index in [1.165, 1.54) is 16.6 Å². The molecule has 0 aliphatic rings. The summed E-state index contributed by atoms with van der Waals surface area (Å²) in [5.41, 5.74) is 3.59. The molecule has 0 spiro atoms. The van der Waals surface area contributed by atoms with Gasteiger partial charge in [-0.05, 0) is 36.6 Å². The minimum atomic E-state index is 0.555. The summed E-state index contributed by atoms with van der Waals surface area (Å²) in [6.45, 7) is 7.47. The van der Waals surface area contributed by atoms with E-state index >= 15 is 0 Å². The van der Waals surface area contributed by atoms with Crippen LogP contribution in [0.25, 0.3) is 10.9 Å². The van der Waals surface area contributed by atoms with Gasteiger partial charge in [0.25, 0.3) is 0 Å². The van der Waals surface area contributed by atoms with Crippen molar-refractivity contribution in [3.8, 4) is 0 Å². The van der Waals surface area contributed by atoms with E-state index < -0.39 is 0 Å². The molecule has 0 unspecified atom stereocenters. The fourth-order valence-corrected chi connectivity index (χ4v) is 1.87. The fourth-order valence-electron chi connectivity index (χ4n) is 1.87. The van der Waals surface area contributed by atoms with Crippen LogP contribution < -0.4 is 5.32 Å². The molecule has 0 bridgehead atoms. The number of hydrogen-bond acceptors (Lipinski definition) is 2. The summed E-state index contributed by atoms with van der Waals surface area (Å²) in [6, 6.07) is 8.54. The highest BCUT2D eigenvalue weighted by atomic mass is 14.9. The first-order valence-electron chi connectivity index (χ1n) is 5.85. The molecule has 16 heavy (non-hydrogen) atoms. The molecule has 0 amide bonds. The quantitative estimate of drug-likeness (QED) is 0.840. The van der Waals surface area contributed by atoms with Gasteiger partial charge in [-0.1, -0.05) is 19.9 Å². The van der Waals surface area contributed by atoms with Crippen molar-refractivity contribution in [3.63, 3.8) is 0 Å². The highest BCUT2D eigenvalue weighted by molar-refractivity contribution is 5.91. The number of nitrogens with one attached hydrogen (secondary N) is 1. The highest BCUT2D eigenvalue weighted by Crippen LogP contribution is 2.25. The van der Waals surface area contributed by atoms with Gasteiger partial charge >= 0.3 is 0 Å². The van der Waals surface area contributed by atoms with Crippen molar-refractivity contribution >= 4 is 16.6 Å². The summed E-state index contributed by atoms with van der Waals surface area (Å²) in [5, 5.41) is 4.59. The Morgan fingerprint density at radius 1 is 1.25 bits per heavy atom. The third-order valence-electron chi connectivity index (χ3n) is 2.80. The van der Waals surface area contributed by atoms with E-state index in [-0.39, 0.29) is 0 Å². The molecule has 2 nitrogen and oxygen atoms in total. The number of nitrogens with zero attached hydrogens (tertiary/aromatic N) is 1. The van der Waals surface area contributed by atoms with E-state index in [0.29, 0.717) is 5.92 Å². The minimum absolute atomic E-state index is 0.555. The average molecular weight is 214 g/mol. The molecule has 0 aliphatic heterocycles. The van der Waals surface area contributed by atoms with Crippen LogP contribution in [0, 0.1) is 0 Å². The third kappa shape index (κ3) is 2.01. The second kappa shape index (κ2) is 4.52. The molecule has 0 saturated carbocycles. The topological polar surface area (TPSA) is 24.9 Å². The molecule has 0 fully saturated rings. The molecule has 1 heterocycles. The molecule has 2 rings (SSSR count). The zero-order valence-electron chi connectivity index (χ0n) is 10.1. The van der Waals surface area contributed by atoms with Gasteiger partial charge in [-0.2, -0.15) is 0 Å². The first kappa shape index (κ1) is 10.9. The molecule has 1 N–H and O–H groups in total. The molecule has 2 aromatic rings. The summed E-state index contributed by atoms with van der Waals surface area (Å²) >= 11 is 0. The Kier molecular flexibility index (Phi) is 3.09. The second-order valence-electron chi connectivity index (χ2n) is 4.32. The largest absolute Gasteiger partial charge is 0.385 e. The molecule has 1 aromatic carbocycles. The maximum atomic E-state index is 4.38. The molecule has 0 aliphatic carbocycles. The average Bonchev–Trinajstić information content (AvgIpc) is 2.29. The van der Waals surface area contributed by atoms with Crippen LogP contribution in [0.15, 0.2) is 30.5 Å². The molecular formula is C14H18N2. The lowest BCUT2D eigenvalue weighted by Gasteiger charge is -2.10. The summed E-state index contributed by atoms with van der Waals surface area (Å²) in [6.07, 6.45) is 1.86. The Labute approximate surface area is 96.7 Å². The van der Waals surface area contributed by atoms with Crippen molar-refractivity contribution in [3.05, 3.63) is 36.0 Å². The summed E-state index contributed by atoms with van der Waals surface area (Å²) < 4.78 is 0. The molecule has 84 valence electrons. The zero-order chi connectivity index (χ0) is 11.5. The minimum Gasteiger partial charge on any atom is -0.385 e. The predicted molar refractivity (Wildman–Crippen MR) is 70.0 cm³/mol. The zero-order valence-corrected chi connectivity index (χ0v) is 10.1. The van der Waals surface area contributed by atoms with E-state index in [0.717, 1.165) is 12.1 Å². The van der Waals surface area contributed by atoms with Crippen molar-refractivity contribution < 1.29 is 0 Å². The van der Waals surface area contributed by atoms with Crippen molar-refractivity contribution in [2.45, 2.75) is 26.7 Å². The Morgan fingerprint density at radius 3 is 2.75 bits per heavy atom. The summed E-state index contributed by atoms with van der Waals surface area (Å²) in [5.74, 6) is 0.555. The number of hydrogen-bond donors (Lipinski definition) is 1. The van der Waals surface area contributed by atoms with Gasteiger partial charge in [-0.25, -0.2) is 0 Å². The van der Waals surface area contributed by atoms with E-state index in [9.17, 15) is 0 Å². The number of benzene rings is 1. The third-order valence-corrected chi connectivity index (χ3v) is 2.80. The molecule has 0 saturated heterocycles. The number of fused-ring (bicyclic) bond motifs is 1. The predicted octanol–water partition coefficient (Wildman–Crippen LogP) is 3.79. The van der Waals surface area contributed by atoms with Crippen molar-refractivity contribution in [2.24, 2.45) is 0 Å². The Balaban J connectivity index is 2.59. The molecule has 2 heteroatoms. The smallest absolute Gasteiger partial charge is 0.0722 e. The van der Waals surface area contributed by atoms with Crippen molar-refractivity contribution in [2.75, 3.05) is 11.9 Å². The first-order valence-corrected chi connectivity index (χ1v) is 5.85. The van der Waals surface area contributed by atoms with Crippen molar-refractivity contribution in [1.82, 2.24) is 4.98 Å². The number of aromatic nitrogens is 1. The van der Waals surface area contributed by atoms with E-state index in [1.807, 2.05) is 12.3 Å². The SMILES string of the molecule is CCNc1ccnc2ccc(C(C)C)cc12. The van der Waals surface area contributed by atoms with E-state index in [2.05, 4.69) is 49.3 Å². The maximum absolute atomic E-state index is 4.38. The molecular weight excluding hydrogens is 196 g/mol. The standard InChI is InChI=1S/C14H18N2/c1-4-15-14-7-8-16-13-6-5-11(10(2)3)9-12(13)14/h5-10H,4H2,1-3H3,(H,15,16). The van der Waals surface area contributed by atoms with Gasteiger partial charge in [0.15, 0.2) is 0 Å². The van der Waals surface area contributed by atoms with Crippen molar-refractivity contribution in [1.29, 1.82) is 0 Å². The second-order valence-corrected chi connectivity index (χ2v) is 4.32. The fraction of sp³-hybridized carbons (Fsp3) is 0.357. The van der Waals surface area contributed by atoms with Gasteiger partial charge in [0.05, 0.1) is 5.52 Å². The van der Waals surface area contributed by atoms with E-state index in [1.54, 1.807) is 0 Å². The van der Waals surface area contributed by atoms with Crippen LogP contribution in [0.5, 0.6) is 0 Å². The first-order chi connectivity index (χ1) is 7.72. The lowest BCUT2D eigenvalue weighted by Crippen LogP contribution is -1.98. The van der Waals surface area contributed by atoms with Gasteiger partial charge < -0.3 is 5.32 Å². The van der Waals surface area contributed by atoms with Crippen LogP contribution in [-0.4, -0.2) is 11.5 Å². The van der Waals surface area contributed by atoms with Crippen LogP contribution in [0.3, 0.4) is 0 Å². The maximum Gasteiger partial charge on any atom is 0.0722 e. The van der Waals surface area contributed by atoms with Gasteiger partial charge in [-0.3, -0.25) is 4.98 Å². The molecule has 0 atom stereocenters. The highest BCUT2D eigenvalue weighted by Gasteiger charge is 2.04. The lowest BCUT2D eigenvalue weighted by molar-refractivity contribution is 0.868. The monoisotopic (exact) mass is 214 g/mol. The van der Waals surface area contributed by atoms with Crippen LogP contribution in [-0.2, 0) is 0 Å². The van der Waals surface area contributed by atoms with Crippen LogP contribution >= 0.6 is 0 Å². The number of pyridine rings is 1. The van der Waals surface area contributed by atoms with Gasteiger partial charge in [0, 0.05) is 23.8 Å². The number of anilines is 1.